The van der Waals surface area contributed by atoms with Crippen LogP contribution in [0.25, 0.3) is 0 Å². The van der Waals surface area contributed by atoms with Gasteiger partial charge in [-0.3, -0.25) is 4.79 Å². The number of rotatable bonds is 6. The van der Waals surface area contributed by atoms with Gasteiger partial charge in [-0.15, -0.1) is 0 Å². The first kappa shape index (κ1) is 14.4. The Morgan fingerprint density at radius 3 is 2.82 bits per heavy atom. The molecular weight excluding hydrogens is 284 g/mol. The minimum absolute atomic E-state index is 0.256. The van der Waals surface area contributed by atoms with Crippen molar-refractivity contribution in [2.24, 2.45) is 0 Å². The lowest BCUT2D eigenvalue weighted by Crippen LogP contribution is -2.23. The van der Waals surface area contributed by atoms with Gasteiger partial charge in [0.15, 0.2) is 5.69 Å². The molecule has 116 valence electrons. The van der Waals surface area contributed by atoms with Crippen LogP contribution in [0.15, 0.2) is 28.8 Å². The molecule has 0 aliphatic heterocycles. The van der Waals surface area contributed by atoms with Gasteiger partial charge >= 0.3 is 0 Å². The molecule has 0 unspecified atom stereocenters. The van der Waals surface area contributed by atoms with Crippen molar-refractivity contribution in [3.05, 3.63) is 41.3 Å². The molecule has 0 bridgehead atoms. The van der Waals surface area contributed by atoms with E-state index in [1.807, 2.05) is 12.1 Å². The van der Waals surface area contributed by atoms with Crippen LogP contribution >= 0.6 is 0 Å². The molecule has 1 aromatic heterocycles. The van der Waals surface area contributed by atoms with E-state index in [9.17, 15) is 4.79 Å². The number of carbonyl (C=O) groups excluding carboxylic acids is 1. The lowest BCUT2D eigenvalue weighted by Gasteiger charge is -2.10. The summed E-state index contributed by atoms with van der Waals surface area (Å²) in [5, 5.41) is 6.64. The standard InChI is InChI=1S/C16H18N2O4/c1-20-12-6-5-11(14(7-12)21-2)9-17-16(19)13-8-15(22-18-13)10-3-4-10/h5-8,10H,3-4,9H2,1-2H3,(H,17,19). The summed E-state index contributed by atoms with van der Waals surface area (Å²) >= 11 is 0. The summed E-state index contributed by atoms with van der Waals surface area (Å²) < 4.78 is 15.6. The summed E-state index contributed by atoms with van der Waals surface area (Å²) in [5.41, 5.74) is 1.18. The van der Waals surface area contributed by atoms with E-state index in [2.05, 4.69) is 10.5 Å². The quantitative estimate of drug-likeness (QED) is 0.887. The smallest absolute Gasteiger partial charge is 0.273 e. The van der Waals surface area contributed by atoms with Crippen molar-refractivity contribution >= 4 is 5.91 Å². The number of hydrogen-bond donors (Lipinski definition) is 1. The molecule has 0 spiro atoms. The first-order chi connectivity index (χ1) is 10.7. The molecular formula is C16H18N2O4. The Labute approximate surface area is 128 Å². The molecule has 1 aromatic carbocycles. The van der Waals surface area contributed by atoms with Crippen molar-refractivity contribution < 1.29 is 18.8 Å². The number of carbonyl (C=O) groups is 1. The number of nitrogens with zero attached hydrogens (tertiary/aromatic N) is 1. The average Bonchev–Trinajstić information content (AvgIpc) is 3.29. The van der Waals surface area contributed by atoms with Crippen LogP contribution < -0.4 is 14.8 Å². The highest BCUT2D eigenvalue weighted by molar-refractivity contribution is 5.92. The van der Waals surface area contributed by atoms with Gasteiger partial charge in [-0.25, -0.2) is 0 Å². The van der Waals surface area contributed by atoms with E-state index in [0.29, 0.717) is 29.7 Å². The summed E-state index contributed by atoms with van der Waals surface area (Å²) in [6, 6.07) is 7.18. The van der Waals surface area contributed by atoms with Gasteiger partial charge in [-0.05, 0) is 25.0 Å². The molecule has 1 aliphatic carbocycles. The Kier molecular flexibility index (Phi) is 4.00. The zero-order chi connectivity index (χ0) is 15.5. The van der Waals surface area contributed by atoms with Gasteiger partial charge in [0.2, 0.25) is 0 Å². The van der Waals surface area contributed by atoms with Crippen LogP contribution in [0.4, 0.5) is 0 Å². The van der Waals surface area contributed by atoms with Crippen molar-refractivity contribution in [3.63, 3.8) is 0 Å². The fourth-order valence-corrected chi connectivity index (χ4v) is 2.22. The minimum Gasteiger partial charge on any atom is -0.497 e. The predicted octanol–water partition coefficient (Wildman–Crippen LogP) is 2.50. The molecule has 1 N–H and O–H groups in total. The number of aromatic nitrogens is 1. The summed E-state index contributed by atoms with van der Waals surface area (Å²) in [5.74, 6) is 2.35. The van der Waals surface area contributed by atoms with Gasteiger partial charge in [-0.2, -0.15) is 0 Å². The van der Waals surface area contributed by atoms with Crippen LogP contribution in [-0.4, -0.2) is 25.3 Å². The maximum atomic E-state index is 12.1. The molecule has 0 saturated heterocycles. The van der Waals surface area contributed by atoms with E-state index in [1.165, 1.54) is 0 Å². The second kappa shape index (κ2) is 6.09. The van der Waals surface area contributed by atoms with Gasteiger partial charge in [0, 0.05) is 30.2 Å². The average molecular weight is 302 g/mol. The second-order valence-electron chi connectivity index (χ2n) is 5.25. The summed E-state index contributed by atoms with van der Waals surface area (Å²) in [6.07, 6.45) is 2.22. The van der Waals surface area contributed by atoms with Crippen LogP contribution in [0, 0.1) is 0 Å². The van der Waals surface area contributed by atoms with E-state index in [4.69, 9.17) is 14.0 Å². The van der Waals surface area contributed by atoms with Gasteiger partial charge in [0.05, 0.1) is 14.2 Å². The Bertz CT molecular complexity index is 677. The monoisotopic (exact) mass is 302 g/mol. The van der Waals surface area contributed by atoms with Crippen molar-refractivity contribution in [1.82, 2.24) is 10.5 Å². The summed E-state index contributed by atoms with van der Waals surface area (Å²) in [6.45, 7) is 0.345. The highest BCUT2D eigenvalue weighted by Gasteiger charge is 2.28. The lowest BCUT2D eigenvalue weighted by atomic mass is 10.2. The van der Waals surface area contributed by atoms with Gasteiger partial charge in [0.25, 0.3) is 5.91 Å². The second-order valence-corrected chi connectivity index (χ2v) is 5.25. The molecule has 0 radical (unpaired) electrons. The largest absolute Gasteiger partial charge is 0.497 e. The molecule has 6 nitrogen and oxygen atoms in total. The number of hydrogen-bond acceptors (Lipinski definition) is 5. The van der Waals surface area contributed by atoms with Gasteiger partial charge < -0.3 is 19.3 Å². The van der Waals surface area contributed by atoms with Crippen LogP contribution in [-0.2, 0) is 6.54 Å². The Hall–Kier alpha value is -2.50. The van der Waals surface area contributed by atoms with Crippen molar-refractivity contribution in [1.29, 1.82) is 0 Å². The van der Waals surface area contributed by atoms with E-state index in [-0.39, 0.29) is 5.91 Å². The van der Waals surface area contributed by atoms with Crippen LogP contribution in [0.5, 0.6) is 11.5 Å². The number of ether oxygens (including phenoxy) is 2. The third-order valence-electron chi connectivity index (χ3n) is 3.67. The maximum Gasteiger partial charge on any atom is 0.273 e. The molecule has 1 aliphatic rings. The number of nitrogens with one attached hydrogen (secondary N) is 1. The zero-order valence-electron chi connectivity index (χ0n) is 12.6. The van der Waals surface area contributed by atoms with Crippen molar-refractivity contribution in [3.8, 4) is 11.5 Å². The van der Waals surface area contributed by atoms with Crippen LogP contribution in [0.3, 0.4) is 0 Å². The molecule has 0 atom stereocenters. The first-order valence-corrected chi connectivity index (χ1v) is 7.17. The fraction of sp³-hybridized carbons (Fsp3) is 0.375. The molecule has 1 amide bonds. The maximum absolute atomic E-state index is 12.1. The van der Waals surface area contributed by atoms with E-state index in [1.54, 1.807) is 26.4 Å². The predicted molar refractivity (Wildman–Crippen MR) is 79.2 cm³/mol. The lowest BCUT2D eigenvalue weighted by molar-refractivity contribution is 0.0941. The molecule has 3 rings (SSSR count). The fourth-order valence-electron chi connectivity index (χ4n) is 2.22. The Balaban J connectivity index is 1.64. The van der Waals surface area contributed by atoms with E-state index in [0.717, 1.165) is 24.2 Å². The topological polar surface area (TPSA) is 73.6 Å². The molecule has 2 aromatic rings. The number of benzene rings is 1. The van der Waals surface area contributed by atoms with Crippen LogP contribution in [0.2, 0.25) is 0 Å². The van der Waals surface area contributed by atoms with Crippen molar-refractivity contribution in [2.45, 2.75) is 25.3 Å². The van der Waals surface area contributed by atoms with E-state index >= 15 is 0 Å². The zero-order valence-corrected chi connectivity index (χ0v) is 12.6. The SMILES string of the molecule is COc1ccc(CNC(=O)c2cc(C3CC3)on2)c(OC)c1. The Morgan fingerprint density at radius 2 is 2.14 bits per heavy atom. The molecule has 1 fully saturated rings. The van der Waals surface area contributed by atoms with Gasteiger partial charge in [-0.1, -0.05) is 5.16 Å². The van der Waals surface area contributed by atoms with Crippen LogP contribution in [0.1, 0.15) is 40.6 Å². The van der Waals surface area contributed by atoms with E-state index < -0.39 is 0 Å². The molecule has 1 heterocycles. The summed E-state index contributed by atoms with van der Waals surface area (Å²) in [4.78, 5) is 12.1. The van der Waals surface area contributed by atoms with Gasteiger partial charge in [0.1, 0.15) is 17.3 Å². The molecule has 1 saturated carbocycles. The molecule has 22 heavy (non-hydrogen) atoms. The highest BCUT2D eigenvalue weighted by Crippen LogP contribution is 2.40. The number of amides is 1. The number of methoxy groups -OCH3 is 2. The third-order valence-corrected chi connectivity index (χ3v) is 3.67. The summed E-state index contributed by atoms with van der Waals surface area (Å²) in [7, 11) is 3.18. The molecule has 6 heteroatoms. The third kappa shape index (κ3) is 3.05. The normalized spacial score (nSPS) is 13.7. The highest BCUT2D eigenvalue weighted by atomic mass is 16.5. The Morgan fingerprint density at radius 1 is 1.32 bits per heavy atom. The first-order valence-electron chi connectivity index (χ1n) is 7.17. The minimum atomic E-state index is -0.256. The van der Waals surface area contributed by atoms with Crippen molar-refractivity contribution in [2.75, 3.05) is 14.2 Å².